The van der Waals surface area contributed by atoms with E-state index in [1.54, 1.807) is 6.07 Å². The maximum atomic E-state index is 12.4. The Morgan fingerprint density at radius 2 is 1.95 bits per heavy atom. The van der Waals surface area contributed by atoms with Crippen molar-refractivity contribution in [2.45, 2.75) is 19.0 Å². The van der Waals surface area contributed by atoms with Gasteiger partial charge in [-0.3, -0.25) is 9.59 Å². The number of primary amides is 1. The maximum Gasteiger partial charge on any atom is 0.258 e. The lowest BCUT2D eigenvalue weighted by atomic mass is 9.93. The molecule has 2 amide bonds. The molecule has 0 spiro atoms. The van der Waals surface area contributed by atoms with Crippen LogP contribution in [0.5, 0.6) is 0 Å². The molecule has 5 heteroatoms. The Balaban J connectivity index is 1.96. The van der Waals surface area contributed by atoms with Crippen LogP contribution in [0.25, 0.3) is 0 Å². The van der Waals surface area contributed by atoms with Crippen molar-refractivity contribution in [3.8, 4) is 0 Å². The number of fused-ring (bicyclic) bond motifs is 1. The van der Waals surface area contributed by atoms with E-state index in [0.717, 1.165) is 11.1 Å². The molecule has 0 saturated heterocycles. The fourth-order valence-electron chi connectivity index (χ4n) is 2.54. The summed E-state index contributed by atoms with van der Waals surface area (Å²) in [4.78, 5) is 25.6. The predicted molar refractivity (Wildman–Crippen MR) is 71.7 cm³/mol. The number of hydrogen-bond acceptors (Lipinski definition) is 3. The first kappa shape index (κ1) is 12.5. The number of rotatable bonds is 2. The first-order valence-electron chi connectivity index (χ1n) is 6.36. The predicted octanol–water partition coefficient (Wildman–Crippen LogP) is 1.33. The number of amides is 2. The standard InChI is InChI=1S/C15H14N2O3/c16-14(18)13-7-10-3-1-2-4-11(10)8-17(13)15(19)12-5-6-20-9-12/h1-6,9,13H,7-8H2,(H2,16,18)/t13-/m0/s1. The van der Waals surface area contributed by atoms with Gasteiger partial charge < -0.3 is 15.1 Å². The smallest absolute Gasteiger partial charge is 0.258 e. The first-order chi connectivity index (χ1) is 9.66. The van der Waals surface area contributed by atoms with Gasteiger partial charge in [-0.1, -0.05) is 24.3 Å². The van der Waals surface area contributed by atoms with Crippen molar-refractivity contribution in [3.05, 3.63) is 59.5 Å². The van der Waals surface area contributed by atoms with E-state index in [4.69, 9.17) is 10.2 Å². The van der Waals surface area contributed by atoms with Crippen LogP contribution in [0.4, 0.5) is 0 Å². The van der Waals surface area contributed by atoms with Crippen molar-refractivity contribution in [1.82, 2.24) is 4.90 Å². The molecule has 1 aromatic carbocycles. The Morgan fingerprint density at radius 1 is 1.20 bits per heavy atom. The second kappa shape index (κ2) is 4.85. The van der Waals surface area contributed by atoms with Crippen LogP contribution in [-0.2, 0) is 17.8 Å². The van der Waals surface area contributed by atoms with Gasteiger partial charge in [0.25, 0.3) is 5.91 Å². The Bertz CT molecular complexity index is 649. The van der Waals surface area contributed by atoms with E-state index in [0.29, 0.717) is 18.5 Å². The number of carbonyl (C=O) groups excluding carboxylic acids is 2. The zero-order valence-corrected chi connectivity index (χ0v) is 10.8. The molecule has 1 aliphatic heterocycles. The number of hydrogen-bond donors (Lipinski definition) is 1. The van der Waals surface area contributed by atoms with Crippen LogP contribution in [0, 0.1) is 0 Å². The minimum Gasteiger partial charge on any atom is -0.472 e. The summed E-state index contributed by atoms with van der Waals surface area (Å²) in [5.74, 6) is -0.728. The molecular weight excluding hydrogens is 256 g/mol. The summed E-state index contributed by atoms with van der Waals surface area (Å²) in [6, 6.07) is 8.73. The monoisotopic (exact) mass is 270 g/mol. The van der Waals surface area contributed by atoms with E-state index in [2.05, 4.69) is 0 Å². The van der Waals surface area contributed by atoms with Crippen molar-refractivity contribution in [1.29, 1.82) is 0 Å². The summed E-state index contributed by atoms with van der Waals surface area (Å²) in [6.45, 7) is 0.383. The molecule has 20 heavy (non-hydrogen) atoms. The third-order valence-electron chi connectivity index (χ3n) is 3.61. The number of furan rings is 1. The van der Waals surface area contributed by atoms with Gasteiger partial charge in [0.05, 0.1) is 11.8 Å². The number of carbonyl (C=O) groups is 2. The van der Waals surface area contributed by atoms with E-state index in [1.807, 2.05) is 24.3 Å². The molecule has 1 aromatic heterocycles. The maximum absolute atomic E-state index is 12.4. The summed E-state index contributed by atoms with van der Waals surface area (Å²) in [6.07, 6.45) is 3.26. The molecule has 102 valence electrons. The average Bonchev–Trinajstić information content (AvgIpc) is 2.99. The summed E-state index contributed by atoms with van der Waals surface area (Å²) in [5, 5.41) is 0. The highest BCUT2D eigenvalue weighted by molar-refractivity contribution is 5.97. The molecular formula is C15H14N2O3. The molecule has 0 unspecified atom stereocenters. The molecule has 1 aliphatic rings. The second-order valence-electron chi connectivity index (χ2n) is 4.84. The highest BCUT2D eigenvalue weighted by Gasteiger charge is 2.33. The van der Waals surface area contributed by atoms with Crippen LogP contribution >= 0.6 is 0 Å². The highest BCUT2D eigenvalue weighted by atomic mass is 16.3. The van der Waals surface area contributed by atoms with Gasteiger partial charge in [-0.25, -0.2) is 0 Å². The van der Waals surface area contributed by atoms with E-state index in [-0.39, 0.29) is 5.91 Å². The third kappa shape index (κ3) is 2.07. The lowest BCUT2D eigenvalue weighted by Crippen LogP contribution is -2.51. The normalized spacial score (nSPS) is 17.6. The minimum absolute atomic E-state index is 0.239. The molecule has 0 bridgehead atoms. The van der Waals surface area contributed by atoms with E-state index < -0.39 is 11.9 Å². The van der Waals surface area contributed by atoms with Crippen LogP contribution in [-0.4, -0.2) is 22.8 Å². The zero-order valence-electron chi connectivity index (χ0n) is 10.8. The molecule has 1 atom stereocenters. The Kier molecular flexibility index (Phi) is 3.02. The van der Waals surface area contributed by atoms with Crippen LogP contribution in [0.1, 0.15) is 21.5 Å². The van der Waals surface area contributed by atoms with E-state index >= 15 is 0 Å². The van der Waals surface area contributed by atoms with E-state index in [9.17, 15) is 9.59 Å². The van der Waals surface area contributed by atoms with Gasteiger partial charge in [-0.15, -0.1) is 0 Å². The van der Waals surface area contributed by atoms with E-state index in [1.165, 1.54) is 17.4 Å². The number of benzene rings is 1. The van der Waals surface area contributed by atoms with Crippen molar-refractivity contribution < 1.29 is 14.0 Å². The van der Waals surface area contributed by atoms with Crippen molar-refractivity contribution in [2.24, 2.45) is 5.73 Å². The van der Waals surface area contributed by atoms with Crippen molar-refractivity contribution >= 4 is 11.8 Å². The molecule has 2 N–H and O–H groups in total. The van der Waals surface area contributed by atoms with Gasteiger partial charge in [0.1, 0.15) is 12.3 Å². The SMILES string of the molecule is NC(=O)[C@@H]1Cc2ccccc2CN1C(=O)c1ccoc1. The molecule has 0 radical (unpaired) electrons. The molecule has 0 aliphatic carbocycles. The van der Waals surface area contributed by atoms with Gasteiger partial charge >= 0.3 is 0 Å². The minimum atomic E-state index is -0.618. The number of nitrogens with zero attached hydrogens (tertiary/aromatic N) is 1. The summed E-state index contributed by atoms with van der Waals surface area (Å²) in [7, 11) is 0. The van der Waals surface area contributed by atoms with Gasteiger partial charge in [0, 0.05) is 13.0 Å². The largest absolute Gasteiger partial charge is 0.472 e. The fraction of sp³-hybridized carbons (Fsp3) is 0.200. The topological polar surface area (TPSA) is 76.5 Å². The first-order valence-corrected chi connectivity index (χ1v) is 6.36. The summed E-state index contributed by atoms with van der Waals surface area (Å²) >= 11 is 0. The summed E-state index contributed by atoms with van der Waals surface area (Å²) in [5.41, 5.74) is 7.98. The van der Waals surface area contributed by atoms with Gasteiger partial charge in [0.15, 0.2) is 0 Å². The quantitative estimate of drug-likeness (QED) is 0.894. The van der Waals surface area contributed by atoms with Crippen LogP contribution in [0.2, 0.25) is 0 Å². The average molecular weight is 270 g/mol. The van der Waals surface area contributed by atoms with Gasteiger partial charge in [0.2, 0.25) is 5.91 Å². The Hall–Kier alpha value is -2.56. The van der Waals surface area contributed by atoms with Crippen LogP contribution in [0.15, 0.2) is 47.3 Å². The number of nitrogens with two attached hydrogens (primary N) is 1. The third-order valence-corrected chi connectivity index (χ3v) is 3.61. The van der Waals surface area contributed by atoms with Crippen LogP contribution < -0.4 is 5.73 Å². The summed E-state index contributed by atoms with van der Waals surface area (Å²) < 4.78 is 4.93. The van der Waals surface area contributed by atoms with Gasteiger partial charge in [-0.2, -0.15) is 0 Å². The second-order valence-corrected chi connectivity index (χ2v) is 4.84. The van der Waals surface area contributed by atoms with Crippen molar-refractivity contribution in [2.75, 3.05) is 0 Å². The molecule has 5 nitrogen and oxygen atoms in total. The fourth-order valence-corrected chi connectivity index (χ4v) is 2.54. The zero-order chi connectivity index (χ0) is 14.1. The molecule has 3 rings (SSSR count). The lowest BCUT2D eigenvalue weighted by Gasteiger charge is -2.34. The van der Waals surface area contributed by atoms with Crippen molar-refractivity contribution in [3.63, 3.8) is 0 Å². The molecule has 0 fully saturated rings. The molecule has 2 aromatic rings. The Labute approximate surface area is 116 Å². The molecule has 2 heterocycles. The van der Waals surface area contributed by atoms with Gasteiger partial charge in [-0.05, 0) is 17.2 Å². The highest BCUT2D eigenvalue weighted by Crippen LogP contribution is 2.24. The Morgan fingerprint density at radius 3 is 2.60 bits per heavy atom. The van der Waals surface area contributed by atoms with Crippen LogP contribution in [0.3, 0.4) is 0 Å². The lowest BCUT2D eigenvalue weighted by molar-refractivity contribution is -0.122. The molecule has 0 saturated carbocycles.